The van der Waals surface area contributed by atoms with Crippen LogP contribution in [0.2, 0.25) is 0 Å². The standard InChI is InChI=1S/C7H6NO3/c1-11-6-2-3-8-4-5(6)7(9)10/h2-3H,1H3,(H,9,10). The number of carboxylic acid groups (broad SMARTS) is 1. The van der Waals surface area contributed by atoms with Gasteiger partial charge in [-0.15, -0.1) is 0 Å². The fraction of sp³-hybridized carbons (Fsp3) is 0.143. The summed E-state index contributed by atoms with van der Waals surface area (Å²) in [7, 11) is 1.40. The van der Waals surface area contributed by atoms with Crippen LogP contribution in [0, 0.1) is 6.20 Å². The van der Waals surface area contributed by atoms with Crippen molar-refractivity contribution in [1.82, 2.24) is 4.98 Å². The molecule has 1 N–H and O–H groups in total. The lowest BCUT2D eigenvalue weighted by Gasteiger charge is -2.00. The Balaban J connectivity index is 3.12. The first-order valence-electron chi connectivity index (χ1n) is 2.89. The van der Waals surface area contributed by atoms with Crippen molar-refractivity contribution in [1.29, 1.82) is 0 Å². The van der Waals surface area contributed by atoms with Crippen LogP contribution >= 0.6 is 0 Å². The summed E-state index contributed by atoms with van der Waals surface area (Å²) in [4.78, 5) is 14.0. The minimum absolute atomic E-state index is 0.0463. The van der Waals surface area contributed by atoms with Gasteiger partial charge in [-0.05, 0) is 6.07 Å². The first-order chi connectivity index (χ1) is 5.25. The lowest BCUT2D eigenvalue weighted by molar-refractivity contribution is 0.0692. The van der Waals surface area contributed by atoms with Gasteiger partial charge in [-0.3, -0.25) is 4.98 Å². The van der Waals surface area contributed by atoms with Gasteiger partial charge in [0, 0.05) is 6.20 Å². The molecule has 0 aliphatic rings. The largest absolute Gasteiger partial charge is 0.496 e. The molecular formula is C7H6NO3. The number of carbonyl (C=O) groups is 1. The summed E-state index contributed by atoms with van der Waals surface area (Å²) in [6, 6.07) is 1.47. The molecule has 1 heterocycles. The SMILES string of the molecule is COc1ccn[c]c1C(=O)O. The van der Waals surface area contributed by atoms with E-state index in [9.17, 15) is 4.79 Å². The van der Waals surface area contributed by atoms with E-state index in [0.717, 1.165) is 0 Å². The second-order valence-corrected chi connectivity index (χ2v) is 1.81. The van der Waals surface area contributed by atoms with Crippen LogP contribution in [0.1, 0.15) is 10.4 Å². The molecule has 4 nitrogen and oxygen atoms in total. The van der Waals surface area contributed by atoms with E-state index >= 15 is 0 Å². The Labute approximate surface area is 63.5 Å². The van der Waals surface area contributed by atoms with Gasteiger partial charge in [-0.2, -0.15) is 0 Å². The number of rotatable bonds is 2. The van der Waals surface area contributed by atoms with E-state index in [1.807, 2.05) is 0 Å². The van der Waals surface area contributed by atoms with Crippen LogP contribution in [0.3, 0.4) is 0 Å². The summed E-state index contributed by atoms with van der Waals surface area (Å²) in [6.07, 6.45) is 3.73. The van der Waals surface area contributed by atoms with E-state index in [0.29, 0.717) is 0 Å². The molecule has 0 atom stereocenters. The Morgan fingerprint density at radius 3 is 3.00 bits per heavy atom. The fourth-order valence-electron chi connectivity index (χ4n) is 0.669. The Bertz CT molecular complexity index is 272. The highest BCUT2D eigenvalue weighted by molar-refractivity contribution is 5.90. The molecule has 57 valence electrons. The van der Waals surface area contributed by atoms with Crippen molar-refractivity contribution >= 4 is 5.97 Å². The van der Waals surface area contributed by atoms with Crippen molar-refractivity contribution in [3.8, 4) is 5.75 Å². The van der Waals surface area contributed by atoms with E-state index in [-0.39, 0.29) is 11.3 Å². The van der Waals surface area contributed by atoms with Gasteiger partial charge in [0.1, 0.15) is 17.5 Å². The molecule has 0 saturated carbocycles. The molecule has 11 heavy (non-hydrogen) atoms. The Kier molecular flexibility index (Phi) is 2.06. The second kappa shape index (κ2) is 3.01. The fourth-order valence-corrected chi connectivity index (χ4v) is 0.669. The van der Waals surface area contributed by atoms with Gasteiger partial charge in [-0.25, -0.2) is 4.79 Å². The van der Waals surface area contributed by atoms with Crippen molar-refractivity contribution in [2.75, 3.05) is 7.11 Å². The topological polar surface area (TPSA) is 59.4 Å². The van der Waals surface area contributed by atoms with Crippen molar-refractivity contribution in [2.24, 2.45) is 0 Å². The van der Waals surface area contributed by atoms with Crippen molar-refractivity contribution < 1.29 is 14.6 Å². The number of ether oxygens (including phenoxy) is 1. The second-order valence-electron chi connectivity index (χ2n) is 1.81. The van der Waals surface area contributed by atoms with Crippen LogP contribution in [0.4, 0.5) is 0 Å². The summed E-state index contributed by atoms with van der Waals surface area (Å²) in [6.45, 7) is 0. The monoisotopic (exact) mass is 152 g/mol. The Hall–Kier alpha value is -1.58. The molecule has 1 aromatic heterocycles. The maximum Gasteiger partial charge on any atom is 0.341 e. The average molecular weight is 152 g/mol. The molecule has 0 spiro atoms. The highest BCUT2D eigenvalue weighted by Crippen LogP contribution is 2.14. The maximum atomic E-state index is 10.4. The zero-order chi connectivity index (χ0) is 8.27. The third-order valence-electron chi connectivity index (χ3n) is 1.16. The van der Waals surface area contributed by atoms with Gasteiger partial charge in [-0.1, -0.05) is 0 Å². The summed E-state index contributed by atoms with van der Waals surface area (Å²) in [5, 5.41) is 8.55. The van der Waals surface area contributed by atoms with Crippen LogP contribution in [-0.4, -0.2) is 23.2 Å². The number of carboxylic acids is 1. The van der Waals surface area contributed by atoms with Crippen LogP contribution in [-0.2, 0) is 0 Å². The Morgan fingerprint density at radius 2 is 2.55 bits per heavy atom. The summed E-state index contributed by atoms with van der Waals surface area (Å²) in [5.41, 5.74) is -0.0463. The molecule has 1 aromatic rings. The first-order valence-corrected chi connectivity index (χ1v) is 2.89. The molecule has 0 unspecified atom stereocenters. The molecular weight excluding hydrogens is 146 g/mol. The molecule has 0 fully saturated rings. The van der Waals surface area contributed by atoms with Crippen molar-refractivity contribution in [2.45, 2.75) is 0 Å². The van der Waals surface area contributed by atoms with E-state index in [2.05, 4.69) is 11.2 Å². The number of nitrogens with zero attached hydrogens (tertiary/aromatic N) is 1. The van der Waals surface area contributed by atoms with Crippen LogP contribution in [0.15, 0.2) is 12.3 Å². The number of hydrogen-bond acceptors (Lipinski definition) is 3. The van der Waals surface area contributed by atoms with E-state index in [4.69, 9.17) is 9.84 Å². The first kappa shape index (κ1) is 7.53. The van der Waals surface area contributed by atoms with Gasteiger partial charge >= 0.3 is 5.97 Å². The maximum absolute atomic E-state index is 10.4. The van der Waals surface area contributed by atoms with Gasteiger partial charge in [0.2, 0.25) is 0 Å². The third kappa shape index (κ3) is 1.46. The lowest BCUT2D eigenvalue weighted by atomic mass is 10.3. The number of methoxy groups -OCH3 is 1. The highest BCUT2D eigenvalue weighted by Gasteiger charge is 2.09. The minimum Gasteiger partial charge on any atom is -0.496 e. The lowest BCUT2D eigenvalue weighted by Crippen LogP contribution is -2.00. The number of aromatic nitrogens is 1. The Morgan fingerprint density at radius 1 is 1.82 bits per heavy atom. The van der Waals surface area contributed by atoms with Gasteiger partial charge in [0.05, 0.1) is 7.11 Å². The van der Waals surface area contributed by atoms with Gasteiger partial charge in [0.15, 0.2) is 0 Å². The van der Waals surface area contributed by atoms with Crippen molar-refractivity contribution in [3.05, 3.63) is 24.0 Å². The van der Waals surface area contributed by atoms with Crippen LogP contribution in [0.25, 0.3) is 0 Å². The van der Waals surface area contributed by atoms with Gasteiger partial charge < -0.3 is 9.84 Å². The van der Waals surface area contributed by atoms with Crippen LogP contribution < -0.4 is 4.74 Å². The van der Waals surface area contributed by atoms with Gasteiger partial charge in [0.25, 0.3) is 0 Å². The third-order valence-corrected chi connectivity index (χ3v) is 1.16. The number of aromatic carboxylic acids is 1. The predicted molar refractivity (Wildman–Crippen MR) is 36.6 cm³/mol. The average Bonchev–Trinajstić information content (AvgIpc) is 2.04. The summed E-state index contributed by atoms with van der Waals surface area (Å²) in [5.74, 6) is -0.817. The van der Waals surface area contributed by atoms with E-state index < -0.39 is 5.97 Å². The minimum atomic E-state index is -1.09. The molecule has 0 aliphatic carbocycles. The quantitative estimate of drug-likeness (QED) is 0.673. The molecule has 0 aliphatic heterocycles. The molecule has 1 rings (SSSR count). The summed E-state index contributed by atoms with van der Waals surface area (Å²) >= 11 is 0. The van der Waals surface area contributed by atoms with E-state index in [1.54, 1.807) is 0 Å². The smallest absolute Gasteiger partial charge is 0.341 e. The predicted octanol–water partition coefficient (Wildman–Crippen LogP) is 0.589. The zero-order valence-corrected chi connectivity index (χ0v) is 5.87. The number of pyridine rings is 1. The number of hydrogen-bond donors (Lipinski definition) is 1. The van der Waals surface area contributed by atoms with E-state index in [1.165, 1.54) is 19.4 Å². The molecule has 1 radical (unpaired) electrons. The molecule has 0 bridgehead atoms. The highest BCUT2D eigenvalue weighted by atomic mass is 16.5. The molecule has 0 aromatic carbocycles. The molecule has 0 amide bonds. The van der Waals surface area contributed by atoms with Crippen LogP contribution in [0.5, 0.6) is 5.75 Å². The summed E-state index contributed by atoms with van der Waals surface area (Å²) < 4.78 is 4.75. The normalized spacial score (nSPS) is 9.18. The zero-order valence-electron chi connectivity index (χ0n) is 5.87. The molecule has 4 heteroatoms. The molecule has 0 saturated heterocycles. The van der Waals surface area contributed by atoms with Crippen molar-refractivity contribution in [3.63, 3.8) is 0 Å².